The predicted molar refractivity (Wildman–Crippen MR) is 87.3 cm³/mol. The summed E-state index contributed by atoms with van der Waals surface area (Å²) in [7, 11) is 0. The fourth-order valence-electron chi connectivity index (χ4n) is 2.01. The summed E-state index contributed by atoms with van der Waals surface area (Å²) in [5, 5.41) is 0.742. The zero-order valence-corrected chi connectivity index (χ0v) is 12.9. The fraction of sp³-hybridized carbons (Fsp3) is 0. The van der Waals surface area contributed by atoms with Gasteiger partial charge in [-0.1, -0.05) is 24.3 Å². The number of aromatic nitrogens is 3. The third-order valence-corrected chi connectivity index (χ3v) is 4.29. The van der Waals surface area contributed by atoms with Crippen molar-refractivity contribution in [3.63, 3.8) is 0 Å². The molecule has 0 spiro atoms. The van der Waals surface area contributed by atoms with E-state index in [1.807, 2.05) is 36.4 Å². The number of aromatic amines is 1. The van der Waals surface area contributed by atoms with Gasteiger partial charge < -0.3 is 15.3 Å². The van der Waals surface area contributed by atoms with E-state index in [4.69, 9.17) is 5.73 Å². The van der Waals surface area contributed by atoms with Crippen LogP contribution in [0.1, 0.15) is 0 Å². The van der Waals surface area contributed by atoms with Gasteiger partial charge in [-0.25, -0.2) is 0 Å². The number of anilines is 1. The highest BCUT2D eigenvalue weighted by atomic mass is 32.2. The first-order valence-electron chi connectivity index (χ1n) is 6.29. The Bertz CT molecular complexity index is 948. The van der Waals surface area contributed by atoms with Gasteiger partial charge in [0.25, 0.3) is 0 Å². The zero-order valence-electron chi connectivity index (χ0n) is 11.2. The first kappa shape index (κ1) is 14.6. The molecule has 0 radical (unpaired) electrons. The molecule has 0 aliphatic carbocycles. The topological polar surface area (TPSA) is 108 Å². The molecule has 4 rings (SSSR count). The van der Waals surface area contributed by atoms with Gasteiger partial charge in [-0.05, 0) is 29.3 Å². The van der Waals surface area contributed by atoms with Crippen LogP contribution in [0.4, 0.5) is 5.69 Å². The average molecular weight is 331 g/mol. The molecule has 8 heteroatoms. The van der Waals surface area contributed by atoms with Gasteiger partial charge in [0.2, 0.25) is 0 Å². The highest BCUT2D eigenvalue weighted by molar-refractivity contribution is 7.79. The Balaban J connectivity index is 0.000000133. The molecule has 112 valence electrons. The lowest BCUT2D eigenvalue weighted by atomic mass is 10.2. The number of benzene rings is 2. The van der Waals surface area contributed by atoms with E-state index >= 15 is 0 Å². The number of hydrogen-bond acceptors (Lipinski definition) is 6. The smallest absolute Gasteiger partial charge is 0.127 e. The second-order valence-electron chi connectivity index (χ2n) is 4.41. The molecule has 0 saturated carbocycles. The first-order chi connectivity index (χ1) is 10.7. The van der Waals surface area contributed by atoms with Crippen LogP contribution in [0.5, 0.6) is 0 Å². The average Bonchev–Trinajstić information content (AvgIpc) is 3.15. The number of rotatable bonds is 1. The molecule has 3 N–H and O–H groups in total. The molecule has 6 nitrogen and oxygen atoms in total. The van der Waals surface area contributed by atoms with Crippen molar-refractivity contribution in [1.29, 1.82) is 0 Å². The monoisotopic (exact) mass is 331 g/mol. The summed E-state index contributed by atoms with van der Waals surface area (Å²) in [6, 6.07) is 12.9. The van der Waals surface area contributed by atoms with Crippen molar-refractivity contribution in [2.24, 2.45) is 0 Å². The lowest BCUT2D eigenvalue weighted by Gasteiger charge is -2.00. The van der Waals surface area contributed by atoms with E-state index in [9.17, 15) is 8.76 Å². The van der Waals surface area contributed by atoms with Crippen molar-refractivity contribution in [3.8, 4) is 0 Å². The molecule has 2 aromatic carbocycles. The Morgan fingerprint density at radius 2 is 1.95 bits per heavy atom. The van der Waals surface area contributed by atoms with Crippen molar-refractivity contribution in [2.75, 3.05) is 5.73 Å². The molecule has 1 atom stereocenters. The molecular formula is C14H11N4O2S2-. The van der Waals surface area contributed by atoms with Gasteiger partial charge in [0.1, 0.15) is 11.0 Å². The largest absolute Gasteiger partial charge is 0.768 e. The minimum atomic E-state index is -2.15. The van der Waals surface area contributed by atoms with Gasteiger partial charge >= 0.3 is 0 Å². The zero-order chi connectivity index (χ0) is 15.5. The summed E-state index contributed by atoms with van der Waals surface area (Å²) in [6.07, 6.45) is 1.49. The van der Waals surface area contributed by atoms with Crippen molar-refractivity contribution in [2.45, 2.75) is 4.90 Å². The van der Waals surface area contributed by atoms with E-state index in [0.29, 0.717) is 10.6 Å². The Morgan fingerprint density at radius 3 is 2.73 bits per heavy atom. The minimum Gasteiger partial charge on any atom is -0.768 e. The number of nitrogens with zero attached hydrogens (tertiary/aromatic N) is 2. The number of para-hydroxylation sites is 1. The van der Waals surface area contributed by atoms with Crippen molar-refractivity contribution in [1.82, 2.24) is 13.7 Å². The number of nitrogen functional groups attached to an aromatic ring is 1. The molecule has 2 heterocycles. The predicted octanol–water partition coefficient (Wildman–Crippen LogP) is 2.68. The van der Waals surface area contributed by atoms with Crippen molar-refractivity contribution >= 4 is 50.4 Å². The summed E-state index contributed by atoms with van der Waals surface area (Å²) in [4.78, 5) is 3.20. The lowest BCUT2D eigenvalue weighted by Crippen LogP contribution is -1.84. The van der Waals surface area contributed by atoms with Crippen LogP contribution in [0.3, 0.4) is 0 Å². The standard InChI is InChI=1S/C8H7NO2S.C6H5N3S/c10-12(11)8-5-9-7-4-2-1-3-6(7)8;7-4-2-1-3-5-6(4)9-10-8-5/h1-5,9H,(H,10,11);1-3H,7H2/p-1. The molecule has 0 fully saturated rings. The maximum atomic E-state index is 10.7. The molecule has 0 aliphatic rings. The van der Waals surface area contributed by atoms with Crippen LogP contribution in [0.15, 0.2) is 53.6 Å². The Labute approximate surface area is 132 Å². The van der Waals surface area contributed by atoms with Crippen LogP contribution in [-0.2, 0) is 11.1 Å². The summed E-state index contributed by atoms with van der Waals surface area (Å²) in [6.45, 7) is 0. The number of hydrogen-bond donors (Lipinski definition) is 2. The second-order valence-corrected chi connectivity index (χ2v) is 5.85. The van der Waals surface area contributed by atoms with Crippen LogP contribution in [0, 0.1) is 0 Å². The molecule has 0 bridgehead atoms. The summed E-state index contributed by atoms with van der Waals surface area (Å²) >= 11 is -0.967. The van der Waals surface area contributed by atoms with Crippen molar-refractivity contribution in [3.05, 3.63) is 48.7 Å². The Kier molecular flexibility index (Phi) is 4.14. The van der Waals surface area contributed by atoms with Gasteiger partial charge in [0.15, 0.2) is 0 Å². The number of nitrogens with one attached hydrogen (secondary N) is 1. The van der Waals surface area contributed by atoms with E-state index < -0.39 is 11.1 Å². The molecule has 0 saturated heterocycles. The maximum absolute atomic E-state index is 10.7. The molecule has 4 aromatic rings. The third-order valence-electron chi connectivity index (χ3n) is 3.05. The third kappa shape index (κ3) is 2.84. The van der Waals surface area contributed by atoms with Crippen LogP contribution >= 0.6 is 11.7 Å². The van der Waals surface area contributed by atoms with Gasteiger partial charge in [-0.2, -0.15) is 8.75 Å². The Morgan fingerprint density at radius 1 is 1.14 bits per heavy atom. The van der Waals surface area contributed by atoms with Crippen molar-refractivity contribution < 1.29 is 8.76 Å². The second kappa shape index (κ2) is 6.22. The molecular weight excluding hydrogens is 320 g/mol. The quantitative estimate of drug-likeness (QED) is 0.412. The van der Waals surface area contributed by atoms with E-state index in [-0.39, 0.29) is 0 Å². The minimum absolute atomic E-state index is 0.325. The highest BCUT2D eigenvalue weighted by Crippen LogP contribution is 2.19. The van der Waals surface area contributed by atoms with Gasteiger partial charge in [0, 0.05) is 17.1 Å². The molecule has 1 unspecified atom stereocenters. The molecule has 0 aliphatic heterocycles. The Hall–Kier alpha value is -2.29. The number of fused-ring (bicyclic) bond motifs is 2. The van der Waals surface area contributed by atoms with Crippen LogP contribution in [0.25, 0.3) is 21.9 Å². The summed E-state index contributed by atoms with van der Waals surface area (Å²) in [5.74, 6) is 0. The van der Waals surface area contributed by atoms with Gasteiger partial charge in [-0.3, -0.25) is 4.21 Å². The molecule has 2 aromatic heterocycles. The maximum Gasteiger partial charge on any atom is 0.127 e. The van der Waals surface area contributed by atoms with E-state index in [2.05, 4.69) is 13.7 Å². The SMILES string of the molecule is Nc1cccc2nsnc12.O=S([O-])c1c[nH]c2ccccc12. The van der Waals surface area contributed by atoms with E-state index in [1.165, 1.54) is 17.9 Å². The van der Waals surface area contributed by atoms with E-state index in [0.717, 1.165) is 21.9 Å². The van der Waals surface area contributed by atoms with Crippen LogP contribution in [0.2, 0.25) is 0 Å². The van der Waals surface area contributed by atoms with Crippen LogP contribution < -0.4 is 5.73 Å². The van der Waals surface area contributed by atoms with Gasteiger partial charge in [0.05, 0.1) is 22.3 Å². The number of H-pyrrole nitrogens is 1. The fourth-order valence-corrected chi connectivity index (χ4v) is 3.08. The first-order valence-corrected chi connectivity index (χ1v) is 8.09. The number of nitrogens with two attached hydrogens (primary N) is 1. The summed E-state index contributed by atoms with van der Waals surface area (Å²) in [5.41, 5.74) is 8.84. The molecule has 22 heavy (non-hydrogen) atoms. The summed E-state index contributed by atoms with van der Waals surface area (Å²) < 4.78 is 29.4. The normalized spacial score (nSPS) is 12.0. The lowest BCUT2D eigenvalue weighted by molar-refractivity contribution is 0.538. The van der Waals surface area contributed by atoms with Gasteiger partial charge in [-0.15, -0.1) is 0 Å². The molecule has 0 amide bonds. The van der Waals surface area contributed by atoms with E-state index in [1.54, 1.807) is 6.07 Å². The highest BCUT2D eigenvalue weighted by Gasteiger charge is 2.01. The van der Waals surface area contributed by atoms with Crippen LogP contribution in [-0.4, -0.2) is 22.5 Å².